The van der Waals surface area contributed by atoms with Crippen molar-refractivity contribution in [2.45, 2.75) is 39.0 Å². The summed E-state index contributed by atoms with van der Waals surface area (Å²) in [4.78, 5) is 0. The van der Waals surface area contributed by atoms with Crippen LogP contribution >= 0.6 is 0 Å². The van der Waals surface area contributed by atoms with Crippen molar-refractivity contribution in [3.05, 3.63) is 17.5 Å². The van der Waals surface area contributed by atoms with Crippen LogP contribution in [0.15, 0.2) is 10.6 Å². The Kier molecular flexibility index (Phi) is 2.72. The van der Waals surface area contributed by atoms with Crippen LogP contribution in [-0.2, 0) is 5.41 Å². The van der Waals surface area contributed by atoms with E-state index in [2.05, 4.69) is 18.1 Å². The largest absolute Gasteiger partial charge is 0.361 e. The number of nitriles is 1. The summed E-state index contributed by atoms with van der Waals surface area (Å²) in [5.41, 5.74) is 0.684. The van der Waals surface area contributed by atoms with Gasteiger partial charge in [-0.15, -0.1) is 0 Å². The van der Waals surface area contributed by atoms with E-state index in [0.717, 1.165) is 17.9 Å². The molecule has 0 aliphatic rings. The zero-order valence-corrected chi connectivity index (χ0v) is 8.29. The molecule has 0 aliphatic heterocycles. The number of aromatic nitrogens is 1. The van der Waals surface area contributed by atoms with E-state index in [1.165, 1.54) is 0 Å². The lowest BCUT2D eigenvalue weighted by molar-refractivity contribution is 0.296. The average molecular weight is 178 g/mol. The third-order valence-electron chi connectivity index (χ3n) is 2.47. The molecule has 1 heterocycles. The van der Waals surface area contributed by atoms with Gasteiger partial charge in [0.1, 0.15) is 5.76 Å². The van der Waals surface area contributed by atoms with E-state index in [-0.39, 0.29) is 5.41 Å². The minimum Gasteiger partial charge on any atom is -0.361 e. The first kappa shape index (κ1) is 9.79. The summed E-state index contributed by atoms with van der Waals surface area (Å²) >= 11 is 0. The van der Waals surface area contributed by atoms with Crippen molar-refractivity contribution in [2.75, 3.05) is 0 Å². The molecule has 0 amide bonds. The van der Waals surface area contributed by atoms with Gasteiger partial charge in [0, 0.05) is 17.9 Å². The first-order valence-corrected chi connectivity index (χ1v) is 4.43. The second-order valence-electron chi connectivity index (χ2n) is 3.58. The van der Waals surface area contributed by atoms with Gasteiger partial charge in [0.25, 0.3) is 0 Å². The van der Waals surface area contributed by atoms with Crippen LogP contribution < -0.4 is 0 Å². The Morgan fingerprint density at radius 2 is 2.38 bits per heavy atom. The molecule has 0 saturated heterocycles. The maximum absolute atomic E-state index is 8.69. The molecule has 3 nitrogen and oxygen atoms in total. The zero-order valence-electron chi connectivity index (χ0n) is 8.29. The Morgan fingerprint density at radius 1 is 1.69 bits per heavy atom. The van der Waals surface area contributed by atoms with Crippen LogP contribution in [0.1, 0.15) is 38.1 Å². The third kappa shape index (κ3) is 1.89. The van der Waals surface area contributed by atoms with Crippen LogP contribution in [-0.4, -0.2) is 5.16 Å². The summed E-state index contributed by atoms with van der Waals surface area (Å²) < 4.78 is 5.17. The molecule has 13 heavy (non-hydrogen) atoms. The first-order chi connectivity index (χ1) is 6.12. The van der Waals surface area contributed by atoms with Gasteiger partial charge in [-0.05, 0) is 13.3 Å². The van der Waals surface area contributed by atoms with Gasteiger partial charge in [-0.3, -0.25) is 0 Å². The van der Waals surface area contributed by atoms with E-state index in [1.807, 2.05) is 19.9 Å². The highest BCUT2D eigenvalue weighted by atomic mass is 16.5. The van der Waals surface area contributed by atoms with Crippen molar-refractivity contribution in [1.29, 1.82) is 5.26 Å². The molecule has 0 aliphatic carbocycles. The molecule has 1 aromatic rings. The molecule has 70 valence electrons. The fraction of sp³-hybridized carbons (Fsp3) is 0.600. The van der Waals surface area contributed by atoms with Crippen molar-refractivity contribution < 1.29 is 4.52 Å². The zero-order chi connectivity index (χ0) is 9.90. The van der Waals surface area contributed by atoms with Gasteiger partial charge >= 0.3 is 0 Å². The van der Waals surface area contributed by atoms with E-state index in [4.69, 9.17) is 9.78 Å². The van der Waals surface area contributed by atoms with Gasteiger partial charge in [-0.2, -0.15) is 5.26 Å². The van der Waals surface area contributed by atoms with Crippen molar-refractivity contribution in [1.82, 2.24) is 5.16 Å². The summed E-state index contributed by atoms with van der Waals surface area (Å²) in [5.74, 6) is 0.814. The fourth-order valence-corrected chi connectivity index (χ4v) is 1.21. The quantitative estimate of drug-likeness (QED) is 0.714. The summed E-state index contributed by atoms with van der Waals surface area (Å²) in [7, 11) is 0. The van der Waals surface area contributed by atoms with Gasteiger partial charge in [0.05, 0.1) is 11.8 Å². The maximum Gasteiger partial charge on any atom is 0.143 e. The lowest BCUT2D eigenvalue weighted by Crippen LogP contribution is -2.19. The summed E-state index contributed by atoms with van der Waals surface area (Å²) in [6.45, 7) is 5.96. The van der Waals surface area contributed by atoms with Crippen LogP contribution in [0.3, 0.4) is 0 Å². The molecule has 0 spiro atoms. The SMILES string of the molecule is CCC(C)(CC#N)c1cc(C)no1. The first-order valence-electron chi connectivity index (χ1n) is 4.43. The van der Waals surface area contributed by atoms with E-state index in [1.54, 1.807) is 0 Å². The second-order valence-corrected chi connectivity index (χ2v) is 3.58. The van der Waals surface area contributed by atoms with E-state index in [9.17, 15) is 0 Å². The lowest BCUT2D eigenvalue weighted by atomic mass is 9.82. The molecule has 1 unspecified atom stereocenters. The van der Waals surface area contributed by atoms with Crippen molar-refractivity contribution in [3.8, 4) is 6.07 Å². The molecule has 1 rings (SSSR count). The van der Waals surface area contributed by atoms with Crippen molar-refractivity contribution in [2.24, 2.45) is 0 Å². The fourth-order valence-electron chi connectivity index (χ4n) is 1.21. The highest BCUT2D eigenvalue weighted by molar-refractivity contribution is 5.16. The number of aryl methyl sites for hydroxylation is 1. The topological polar surface area (TPSA) is 49.8 Å². The van der Waals surface area contributed by atoms with Crippen LogP contribution in [0.25, 0.3) is 0 Å². The monoisotopic (exact) mass is 178 g/mol. The predicted molar refractivity (Wildman–Crippen MR) is 49.1 cm³/mol. The van der Waals surface area contributed by atoms with Gasteiger partial charge in [-0.1, -0.05) is 19.0 Å². The molecule has 0 bridgehead atoms. The second kappa shape index (κ2) is 3.61. The molecule has 0 saturated carbocycles. The van der Waals surface area contributed by atoms with Crippen LogP contribution in [0, 0.1) is 18.3 Å². The van der Waals surface area contributed by atoms with E-state index < -0.39 is 0 Å². The van der Waals surface area contributed by atoms with Crippen molar-refractivity contribution >= 4 is 0 Å². The Balaban J connectivity index is 2.96. The third-order valence-corrected chi connectivity index (χ3v) is 2.47. The van der Waals surface area contributed by atoms with E-state index in [0.29, 0.717) is 6.42 Å². The lowest BCUT2D eigenvalue weighted by Gasteiger charge is -2.20. The molecule has 0 radical (unpaired) electrons. The Morgan fingerprint density at radius 3 is 2.77 bits per heavy atom. The molecule has 1 aromatic heterocycles. The molecule has 1 atom stereocenters. The standard InChI is InChI=1S/C10H14N2O/c1-4-10(3,5-6-11)9-7-8(2)12-13-9/h7H,4-5H2,1-3H3. The smallest absolute Gasteiger partial charge is 0.143 e. The number of hydrogen-bond donors (Lipinski definition) is 0. The Hall–Kier alpha value is -1.30. The minimum atomic E-state index is -0.185. The van der Waals surface area contributed by atoms with Crippen molar-refractivity contribution in [3.63, 3.8) is 0 Å². The molecular formula is C10H14N2O. The molecular weight excluding hydrogens is 164 g/mol. The van der Waals surface area contributed by atoms with Gasteiger partial charge in [-0.25, -0.2) is 0 Å². The van der Waals surface area contributed by atoms with E-state index >= 15 is 0 Å². The molecule has 0 N–H and O–H groups in total. The Bertz CT molecular complexity index is 324. The predicted octanol–water partition coefficient (Wildman–Crippen LogP) is 2.56. The highest BCUT2D eigenvalue weighted by Gasteiger charge is 2.28. The summed E-state index contributed by atoms with van der Waals surface area (Å²) in [6.07, 6.45) is 1.35. The normalized spacial score (nSPS) is 14.9. The van der Waals surface area contributed by atoms with Gasteiger partial charge < -0.3 is 4.52 Å². The summed E-state index contributed by atoms with van der Waals surface area (Å²) in [6, 6.07) is 4.08. The number of hydrogen-bond acceptors (Lipinski definition) is 3. The molecule has 3 heteroatoms. The summed E-state index contributed by atoms with van der Waals surface area (Å²) in [5, 5.41) is 12.5. The maximum atomic E-state index is 8.69. The van der Waals surface area contributed by atoms with Gasteiger partial charge in [0.15, 0.2) is 0 Å². The Labute approximate surface area is 78.3 Å². The average Bonchev–Trinajstić information content (AvgIpc) is 2.52. The minimum absolute atomic E-state index is 0.185. The highest BCUT2D eigenvalue weighted by Crippen LogP contribution is 2.30. The number of rotatable bonds is 3. The van der Waals surface area contributed by atoms with Crippen LogP contribution in [0.5, 0.6) is 0 Å². The number of nitrogens with zero attached hydrogens (tertiary/aromatic N) is 2. The van der Waals surface area contributed by atoms with Crippen LogP contribution in [0.4, 0.5) is 0 Å². The molecule has 0 fully saturated rings. The van der Waals surface area contributed by atoms with Crippen LogP contribution in [0.2, 0.25) is 0 Å². The molecule has 0 aromatic carbocycles. The van der Waals surface area contributed by atoms with Gasteiger partial charge in [0.2, 0.25) is 0 Å².